The number of alkyl halides is 1. The molecule has 13 heavy (non-hydrogen) atoms. The molecule has 0 bridgehead atoms. The van der Waals surface area contributed by atoms with E-state index in [1.165, 1.54) is 0 Å². The van der Waals surface area contributed by atoms with Crippen LogP contribution in [0.1, 0.15) is 24.3 Å². The molecule has 3 heteroatoms. The van der Waals surface area contributed by atoms with Crippen LogP contribution in [0.3, 0.4) is 0 Å². The molecule has 1 heterocycles. The second-order valence-electron chi connectivity index (χ2n) is 3.67. The molecule has 0 amide bonds. The van der Waals surface area contributed by atoms with Crippen molar-refractivity contribution in [2.45, 2.75) is 26.4 Å². The second-order valence-corrected chi connectivity index (χ2v) is 4.78. The highest BCUT2D eigenvalue weighted by Gasteiger charge is 2.34. The molecular formula is C10H16FNS. The van der Waals surface area contributed by atoms with Gasteiger partial charge in [-0.05, 0) is 24.3 Å². The lowest BCUT2D eigenvalue weighted by molar-refractivity contribution is 0.110. The lowest BCUT2D eigenvalue weighted by Gasteiger charge is -2.27. The van der Waals surface area contributed by atoms with Crippen molar-refractivity contribution in [3.05, 3.63) is 21.9 Å². The molecule has 0 aliphatic carbocycles. The maximum absolute atomic E-state index is 14.3. The molecule has 74 valence electrons. The highest BCUT2D eigenvalue weighted by Crippen LogP contribution is 2.35. The van der Waals surface area contributed by atoms with E-state index in [0.29, 0.717) is 0 Å². The number of rotatable bonds is 3. The maximum atomic E-state index is 14.3. The van der Waals surface area contributed by atoms with Crippen LogP contribution in [-0.4, -0.2) is 6.54 Å². The van der Waals surface area contributed by atoms with Gasteiger partial charge < -0.3 is 5.73 Å². The Kier molecular flexibility index (Phi) is 3.09. The molecule has 0 aliphatic heterocycles. The Morgan fingerprint density at radius 2 is 2.23 bits per heavy atom. The molecule has 0 spiro atoms. The van der Waals surface area contributed by atoms with Crippen LogP contribution in [0.5, 0.6) is 0 Å². The monoisotopic (exact) mass is 201 g/mol. The Morgan fingerprint density at radius 1 is 1.62 bits per heavy atom. The van der Waals surface area contributed by atoms with Crippen LogP contribution in [-0.2, 0) is 5.67 Å². The summed E-state index contributed by atoms with van der Waals surface area (Å²) in [4.78, 5) is 1.13. The molecule has 1 aromatic heterocycles. The molecule has 1 nitrogen and oxygen atoms in total. The predicted octanol–water partition coefficient (Wildman–Crippen LogP) is 2.84. The third-order valence-electron chi connectivity index (χ3n) is 2.42. The first-order valence-corrected chi connectivity index (χ1v) is 5.33. The Morgan fingerprint density at radius 3 is 2.54 bits per heavy atom. The van der Waals surface area contributed by atoms with Crippen molar-refractivity contribution in [2.75, 3.05) is 6.54 Å². The van der Waals surface area contributed by atoms with E-state index < -0.39 is 5.67 Å². The van der Waals surface area contributed by atoms with Crippen LogP contribution >= 0.6 is 11.3 Å². The lowest BCUT2D eigenvalue weighted by atomic mass is 9.87. The molecular weight excluding hydrogens is 185 g/mol. The van der Waals surface area contributed by atoms with Crippen LogP contribution in [0.4, 0.5) is 4.39 Å². The van der Waals surface area contributed by atoms with E-state index >= 15 is 0 Å². The Hall–Kier alpha value is -0.410. The summed E-state index contributed by atoms with van der Waals surface area (Å²) in [6.07, 6.45) is 0. The minimum Gasteiger partial charge on any atom is -0.327 e. The van der Waals surface area contributed by atoms with Crippen molar-refractivity contribution in [2.24, 2.45) is 11.7 Å². The topological polar surface area (TPSA) is 26.0 Å². The minimum absolute atomic E-state index is 0.0564. The number of halogens is 1. The van der Waals surface area contributed by atoms with Gasteiger partial charge in [0.15, 0.2) is 5.67 Å². The second kappa shape index (κ2) is 3.76. The Bertz CT molecular complexity index is 282. The zero-order chi connectivity index (χ0) is 10.1. The highest BCUT2D eigenvalue weighted by molar-refractivity contribution is 7.10. The SMILES string of the molecule is Cc1cc(C(F)(CN)C(C)C)cs1. The minimum atomic E-state index is -1.36. The largest absolute Gasteiger partial charge is 0.327 e. The van der Waals surface area contributed by atoms with Gasteiger partial charge in [0, 0.05) is 17.0 Å². The number of hydrogen-bond acceptors (Lipinski definition) is 2. The van der Waals surface area contributed by atoms with Gasteiger partial charge in [-0.25, -0.2) is 4.39 Å². The smallest absolute Gasteiger partial charge is 0.151 e. The summed E-state index contributed by atoms with van der Waals surface area (Å²) in [6.45, 7) is 5.76. The van der Waals surface area contributed by atoms with E-state index in [0.717, 1.165) is 10.4 Å². The normalized spacial score (nSPS) is 16.2. The van der Waals surface area contributed by atoms with E-state index in [1.807, 2.05) is 32.2 Å². The fourth-order valence-corrected chi connectivity index (χ4v) is 2.12. The van der Waals surface area contributed by atoms with Crippen molar-refractivity contribution < 1.29 is 4.39 Å². The maximum Gasteiger partial charge on any atom is 0.151 e. The van der Waals surface area contributed by atoms with Gasteiger partial charge in [-0.2, -0.15) is 0 Å². The number of aryl methyl sites for hydroxylation is 1. The van der Waals surface area contributed by atoms with Gasteiger partial charge in [0.05, 0.1) is 0 Å². The van der Waals surface area contributed by atoms with E-state index in [1.54, 1.807) is 11.3 Å². The number of hydrogen-bond donors (Lipinski definition) is 1. The summed E-state index contributed by atoms with van der Waals surface area (Å²) >= 11 is 1.57. The van der Waals surface area contributed by atoms with Crippen LogP contribution < -0.4 is 5.73 Å². The molecule has 1 aromatic rings. The van der Waals surface area contributed by atoms with Crippen molar-refractivity contribution in [1.29, 1.82) is 0 Å². The average molecular weight is 201 g/mol. The highest BCUT2D eigenvalue weighted by atomic mass is 32.1. The van der Waals surface area contributed by atoms with Gasteiger partial charge >= 0.3 is 0 Å². The molecule has 0 radical (unpaired) electrons. The van der Waals surface area contributed by atoms with Crippen molar-refractivity contribution in [1.82, 2.24) is 0 Å². The number of thiophene rings is 1. The van der Waals surface area contributed by atoms with E-state index in [4.69, 9.17) is 5.73 Å². The third-order valence-corrected chi connectivity index (χ3v) is 3.28. The van der Waals surface area contributed by atoms with E-state index in [2.05, 4.69) is 0 Å². The van der Waals surface area contributed by atoms with Crippen LogP contribution in [0.2, 0.25) is 0 Å². The zero-order valence-corrected chi connectivity index (χ0v) is 9.12. The number of nitrogens with two attached hydrogens (primary N) is 1. The van der Waals surface area contributed by atoms with Crippen molar-refractivity contribution >= 4 is 11.3 Å². The summed E-state index contributed by atoms with van der Waals surface area (Å²) in [5, 5.41) is 1.86. The molecule has 1 unspecified atom stereocenters. The molecule has 1 rings (SSSR count). The lowest BCUT2D eigenvalue weighted by Crippen LogP contribution is -2.35. The van der Waals surface area contributed by atoms with Gasteiger partial charge in [0.2, 0.25) is 0 Å². The summed E-state index contributed by atoms with van der Waals surface area (Å²) in [5.41, 5.74) is 4.85. The standard InChI is InChI=1S/C10H16FNS/c1-7(2)10(11,6-12)9-4-8(3)13-5-9/h4-5,7H,6,12H2,1-3H3. The first-order valence-electron chi connectivity index (χ1n) is 4.45. The molecule has 1 atom stereocenters. The molecule has 0 aromatic carbocycles. The Balaban J connectivity index is 3.02. The van der Waals surface area contributed by atoms with Crippen LogP contribution in [0.25, 0.3) is 0 Å². The molecule has 2 N–H and O–H groups in total. The summed E-state index contributed by atoms with van der Waals surface area (Å²) in [7, 11) is 0. The zero-order valence-electron chi connectivity index (χ0n) is 8.30. The van der Waals surface area contributed by atoms with E-state index in [-0.39, 0.29) is 12.5 Å². The van der Waals surface area contributed by atoms with Gasteiger partial charge in [-0.1, -0.05) is 13.8 Å². The fourth-order valence-electron chi connectivity index (χ4n) is 1.35. The fraction of sp³-hybridized carbons (Fsp3) is 0.600. The molecule has 0 saturated carbocycles. The van der Waals surface area contributed by atoms with Crippen LogP contribution in [0, 0.1) is 12.8 Å². The third kappa shape index (κ3) is 1.92. The molecule has 0 saturated heterocycles. The molecule has 0 aliphatic rings. The average Bonchev–Trinajstić information content (AvgIpc) is 2.50. The van der Waals surface area contributed by atoms with Gasteiger partial charge in [0.25, 0.3) is 0 Å². The van der Waals surface area contributed by atoms with Gasteiger partial charge in [0.1, 0.15) is 0 Å². The van der Waals surface area contributed by atoms with Crippen molar-refractivity contribution in [3.63, 3.8) is 0 Å². The first kappa shape index (κ1) is 10.7. The molecule has 0 fully saturated rings. The Labute approximate surface area is 82.8 Å². The van der Waals surface area contributed by atoms with Gasteiger partial charge in [-0.3, -0.25) is 0 Å². The van der Waals surface area contributed by atoms with Crippen LogP contribution in [0.15, 0.2) is 11.4 Å². The summed E-state index contributed by atoms with van der Waals surface area (Å²) < 4.78 is 14.3. The quantitative estimate of drug-likeness (QED) is 0.799. The summed E-state index contributed by atoms with van der Waals surface area (Å²) in [6, 6.07) is 1.89. The summed E-state index contributed by atoms with van der Waals surface area (Å²) in [5.74, 6) is -0.0773. The van der Waals surface area contributed by atoms with E-state index in [9.17, 15) is 4.39 Å². The van der Waals surface area contributed by atoms with Gasteiger partial charge in [-0.15, -0.1) is 11.3 Å². The first-order chi connectivity index (χ1) is 6.00. The predicted molar refractivity (Wildman–Crippen MR) is 55.7 cm³/mol. The van der Waals surface area contributed by atoms with Crippen molar-refractivity contribution in [3.8, 4) is 0 Å².